The van der Waals surface area contributed by atoms with Gasteiger partial charge in [0.2, 0.25) is 0 Å². The Labute approximate surface area is 80.8 Å². The molecule has 1 atom stereocenters. The Morgan fingerprint density at radius 3 is 2.64 bits per heavy atom. The van der Waals surface area contributed by atoms with Gasteiger partial charge in [0.25, 0.3) is 0 Å². The maximum Gasteiger partial charge on any atom is 0.328 e. The average molecular weight is 191 g/mol. The van der Waals surface area contributed by atoms with E-state index in [1.165, 1.54) is 6.08 Å². The molecule has 14 heavy (non-hydrogen) atoms. The Morgan fingerprint density at radius 1 is 1.36 bits per heavy atom. The number of nitrogens with one attached hydrogen (secondary N) is 1. The third-order valence-electron chi connectivity index (χ3n) is 1.94. The molecule has 0 amide bonds. The van der Waals surface area contributed by atoms with Crippen LogP contribution < -0.4 is 5.48 Å². The second-order valence-electron chi connectivity index (χ2n) is 2.93. The van der Waals surface area contributed by atoms with Crippen molar-refractivity contribution < 1.29 is 14.7 Å². The van der Waals surface area contributed by atoms with Crippen molar-refractivity contribution in [2.45, 2.75) is 6.04 Å². The minimum absolute atomic E-state index is 0.554. The molecule has 0 bridgehead atoms. The molecule has 0 saturated carbocycles. The summed E-state index contributed by atoms with van der Waals surface area (Å²) in [5.74, 6) is -0.395. The summed E-state index contributed by atoms with van der Waals surface area (Å²) in [6.45, 7) is 0. The molecule has 2 rings (SSSR count). The summed E-state index contributed by atoms with van der Waals surface area (Å²) in [6, 6.07) is 8.59. The molecule has 1 aromatic rings. The highest BCUT2D eigenvalue weighted by Crippen LogP contribution is 2.19. The maximum atomic E-state index is 10.6. The van der Waals surface area contributed by atoms with Crippen molar-refractivity contribution in [1.29, 1.82) is 0 Å². The number of hydroxylamine groups is 1. The fourth-order valence-corrected chi connectivity index (χ4v) is 1.23. The number of carboxylic acids is 1. The summed E-state index contributed by atoms with van der Waals surface area (Å²) in [4.78, 5) is 15.6. The van der Waals surface area contributed by atoms with Gasteiger partial charge in [-0.25, -0.2) is 0 Å². The minimum Gasteiger partial charge on any atom is -0.480 e. The van der Waals surface area contributed by atoms with E-state index in [0.29, 0.717) is 5.76 Å². The number of aliphatic carboxylic acids is 1. The Bertz CT molecular complexity index is 372. The van der Waals surface area contributed by atoms with E-state index in [-0.39, 0.29) is 0 Å². The van der Waals surface area contributed by atoms with Crippen LogP contribution in [0.4, 0.5) is 0 Å². The van der Waals surface area contributed by atoms with Crippen molar-refractivity contribution >= 4 is 11.7 Å². The third kappa shape index (κ3) is 1.60. The Morgan fingerprint density at radius 2 is 2.07 bits per heavy atom. The summed E-state index contributed by atoms with van der Waals surface area (Å²) in [5.41, 5.74) is 3.28. The third-order valence-corrected chi connectivity index (χ3v) is 1.94. The molecule has 1 aliphatic rings. The van der Waals surface area contributed by atoms with Crippen LogP contribution in [0.25, 0.3) is 5.76 Å². The van der Waals surface area contributed by atoms with Crippen LogP contribution in [0, 0.1) is 0 Å². The number of benzene rings is 1. The molecule has 1 heterocycles. The van der Waals surface area contributed by atoms with Crippen LogP contribution in [-0.4, -0.2) is 17.1 Å². The van der Waals surface area contributed by atoms with E-state index in [9.17, 15) is 4.79 Å². The molecule has 1 unspecified atom stereocenters. The largest absolute Gasteiger partial charge is 0.480 e. The van der Waals surface area contributed by atoms with Gasteiger partial charge in [0.05, 0.1) is 0 Å². The molecular weight excluding hydrogens is 182 g/mol. The molecule has 4 nitrogen and oxygen atoms in total. The second-order valence-corrected chi connectivity index (χ2v) is 2.93. The van der Waals surface area contributed by atoms with Crippen molar-refractivity contribution in [3.63, 3.8) is 0 Å². The van der Waals surface area contributed by atoms with Gasteiger partial charge in [-0.15, -0.1) is 5.48 Å². The van der Waals surface area contributed by atoms with Crippen LogP contribution in [0.15, 0.2) is 36.4 Å². The highest BCUT2D eigenvalue weighted by Gasteiger charge is 2.23. The SMILES string of the molecule is O=C(O)C1C=C(c2ccccc2)ON1. The van der Waals surface area contributed by atoms with Crippen LogP contribution in [0.5, 0.6) is 0 Å². The lowest BCUT2D eigenvalue weighted by Crippen LogP contribution is -2.29. The molecule has 0 aromatic heterocycles. The predicted molar refractivity (Wildman–Crippen MR) is 50.1 cm³/mol. The van der Waals surface area contributed by atoms with E-state index in [2.05, 4.69) is 5.48 Å². The van der Waals surface area contributed by atoms with E-state index in [1.54, 1.807) is 0 Å². The predicted octanol–water partition coefficient (Wildman–Crippen LogP) is 1.02. The number of hydrogen-bond acceptors (Lipinski definition) is 3. The van der Waals surface area contributed by atoms with E-state index >= 15 is 0 Å². The number of carbonyl (C=O) groups is 1. The maximum absolute atomic E-state index is 10.6. The molecule has 1 aliphatic heterocycles. The van der Waals surface area contributed by atoms with Gasteiger partial charge >= 0.3 is 5.97 Å². The zero-order valence-corrected chi connectivity index (χ0v) is 7.31. The highest BCUT2D eigenvalue weighted by atomic mass is 16.7. The monoisotopic (exact) mass is 191 g/mol. The van der Waals surface area contributed by atoms with Crippen molar-refractivity contribution in [2.24, 2.45) is 0 Å². The molecule has 4 heteroatoms. The molecule has 0 saturated heterocycles. The standard InChI is InChI=1S/C10H9NO3/c12-10(13)8-6-9(14-11-8)7-4-2-1-3-5-7/h1-6,8,11H,(H,12,13). The molecule has 1 aromatic carbocycles. The first-order valence-electron chi connectivity index (χ1n) is 4.20. The molecular formula is C10H9NO3. The van der Waals surface area contributed by atoms with Crippen LogP contribution in [0.2, 0.25) is 0 Å². The first kappa shape index (κ1) is 8.77. The van der Waals surface area contributed by atoms with Gasteiger partial charge in [-0.2, -0.15) is 0 Å². The van der Waals surface area contributed by atoms with Gasteiger partial charge in [0.15, 0.2) is 11.8 Å². The summed E-state index contributed by atoms with van der Waals surface area (Å²) in [6.07, 6.45) is 1.54. The molecule has 0 spiro atoms. The first-order valence-corrected chi connectivity index (χ1v) is 4.20. The van der Waals surface area contributed by atoms with Crippen LogP contribution >= 0.6 is 0 Å². The summed E-state index contributed by atoms with van der Waals surface area (Å²) in [5, 5.41) is 8.69. The zero-order chi connectivity index (χ0) is 9.97. The Balaban J connectivity index is 2.22. The topological polar surface area (TPSA) is 58.6 Å². The van der Waals surface area contributed by atoms with Crippen molar-refractivity contribution in [1.82, 2.24) is 5.48 Å². The lowest BCUT2D eigenvalue weighted by molar-refractivity contribution is -0.139. The smallest absolute Gasteiger partial charge is 0.328 e. The fraction of sp³-hybridized carbons (Fsp3) is 0.100. The van der Waals surface area contributed by atoms with Crippen LogP contribution in [-0.2, 0) is 9.63 Å². The van der Waals surface area contributed by atoms with E-state index < -0.39 is 12.0 Å². The molecule has 2 N–H and O–H groups in total. The van der Waals surface area contributed by atoms with Crippen molar-refractivity contribution in [3.05, 3.63) is 42.0 Å². The first-order chi connectivity index (χ1) is 6.77. The van der Waals surface area contributed by atoms with Crippen molar-refractivity contribution in [2.75, 3.05) is 0 Å². The van der Waals surface area contributed by atoms with Gasteiger partial charge in [0.1, 0.15) is 0 Å². The highest BCUT2D eigenvalue weighted by molar-refractivity contribution is 5.80. The van der Waals surface area contributed by atoms with E-state index in [4.69, 9.17) is 9.94 Å². The fourth-order valence-electron chi connectivity index (χ4n) is 1.23. The number of carboxylic acid groups (broad SMARTS) is 1. The van der Waals surface area contributed by atoms with Gasteiger partial charge in [0, 0.05) is 5.56 Å². The Kier molecular flexibility index (Phi) is 2.20. The summed E-state index contributed by atoms with van der Waals surface area (Å²) in [7, 11) is 0. The minimum atomic E-state index is -0.948. The van der Waals surface area contributed by atoms with Crippen molar-refractivity contribution in [3.8, 4) is 0 Å². The van der Waals surface area contributed by atoms with E-state index in [1.807, 2.05) is 30.3 Å². The zero-order valence-electron chi connectivity index (χ0n) is 7.31. The van der Waals surface area contributed by atoms with Crippen LogP contribution in [0.3, 0.4) is 0 Å². The van der Waals surface area contributed by atoms with Gasteiger partial charge < -0.3 is 9.94 Å². The molecule has 0 aliphatic carbocycles. The van der Waals surface area contributed by atoms with E-state index in [0.717, 1.165) is 5.56 Å². The van der Waals surface area contributed by atoms with Crippen LogP contribution in [0.1, 0.15) is 5.56 Å². The Hall–Kier alpha value is -1.81. The lowest BCUT2D eigenvalue weighted by Gasteiger charge is -2.02. The molecule has 72 valence electrons. The quantitative estimate of drug-likeness (QED) is 0.732. The normalized spacial score (nSPS) is 20.0. The lowest BCUT2D eigenvalue weighted by atomic mass is 10.1. The average Bonchev–Trinajstić information content (AvgIpc) is 2.68. The van der Waals surface area contributed by atoms with Gasteiger partial charge in [-0.1, -0.05) is 30.3 Å². The number of rotatable bonds is 2. The van der Waals surface area contributed by atoms with Gasteiger partial charge in [-0.05, 0) is 6.08 Å². The molecule has 0 fully saturated rings. The second kappa shape index (κ2) is 3.51. The van der Waals surface area contributed by atoms with Gasteiger partial charge in [-0.3, -0.25) is 4.79 Å². The molecule has 0 radical (unpaired) electrons. The number of hydrogen-bond donors (Lipinski definition) is 2. The summed E-state index contributed by atoms with van der Waals surface area (Å²) < 4.78 is 0. The summed E-state index contributed by atoms with van der Waals surface area (Å²) >= 11 is 0.